The smallest absolute Gasteiger partial charge is 0.304 e. The monoisotopic (exact) mass is 482 g/mol. The van der Waals surface area contributed by atoms with Gasteiger partial charge in [0.05, 0.1) is 23.5 Å². The van der Waals surface area contributed by atoms with Gasteiger partial charge in [-0.15, -0.1) is 0 Å². The van der Waals surface area contributed by atoms with Crippen molar-refractivity contribution in [1.82, 2.24) is 20.1 Å². The Kier molecular flexibility index (Phi) is 6.49. The van der Waals surface area contributed by atoms with Gasteiger partial charge < -0.3 is 19.4 Å². The molecule has 0 saturated carbocycles. The normalized spacial score (nSPS) is 12.9. The summed E-state index contributed by atoms with van der Waals surface area (Å²) in [5.74, 6) is -0.645. The molecule has 0 aliphatic carbocycles. The fraction of sp³-hybridized carbons (Fsp3) is 0.214. The summed E-state index contributed by atoms with van der Waals surface area (Å²) in [6.45, 7) is 4.00. The van der Waals surface area contributed by atoms with Gasteiger partial charge in [0, 0.05) is 42.5 Å². The van der Waals surface area contributed by atoms with Gasteiger partial charge >= 0.3 is 5.97 Å². The van der Waals surface area contributed by atoms with Gasteiger partial charge in [-0.2, -0.15) is 0 Å². The number of benzene rings is 2. The first kappa shape index (κ1) is 23.3. The number of rotatable bonds is 9. The number of aromatic amines is 1. The van der Waals surface area contributed by atoms with E-state index < -0.39 is 11.9 Å². The van der Waals surface area contributed by atoms with E-state index in [0.29, 0.717) is 17.9 Å². The lowest BCUT2D eigenvalue weighted by Crippen LogP contribution is -2.14. The standard InChI is InChI=1S/C28H26N4O4/c1-17-15-31-21(16-30-17)13-26(23-8-5-20-9-11-29-28(20)18(23)2)36-22-6-3-19(4-7-22)24(14-27(33)34)25-10-12-35-32-25/h3-12,15-16,24,26,29H,13-14H2,1-2H3,(H,33,34). The van der Waals surface area contributed by atoms with Crippen LogP contribution in [0.1, 0.15) is 52.2 Å². The number of aryl methyl sites for hydroxylation is 2. The lowest BCUT2D eigenvalue weighted by Gasteiger charge is -2.22. The van der Waals surface area contributed by atoms with Crippen LogP contribution in [-0.4, -0.2) is 31.2 Å². The molecule has 0 spiro atoms. The Balaban J connectivity index is 1.45. The molecule has 2 unspecified atom stereocenters. The average Bonchev–Trinajstić information content (AvgIpc) is 3.57. The number of nitrogens with zero attached hydrogens (tertiary/aromatic N) is 3. The molecule has 0 radical (unpaired) electrons. The summed E-state index contributed by atoms with van der Waals surface area (Å²) >= 11 is 0. The number of nitrogens with one attached hydrogen (secondary N) is 1. The second-order valence-electron chi connectivity index (χ2n) is 8.83. The minimum absolute atomic E-state index is 0.0865. The number of carboxylic acid groups (broad SMARTS) is 1. The van der Waals surface area contributed by atoms with Crippen LogP contribution >= 0.6 is 0 Å². The topological polar surface area (TPSA) is 114 Å². The molecule has 0 bridgehead atoms. The molecule has 0 fully saturated rings. The highest BCUT2D eigenvalue weighted by Gasteiger charge is 2.22. The first-order chi connectivity index (χ1) is 17.5. The largest absolute Gasteiger partial charge is 0.485 e. The second kappa shape index (κ2) is 10.0. The third kappa shape index (κ3) is 4.98. The summed E-state index contributed by atoms with van der Waals surface area (Å²) in [6.07, 6.45) is 7.08. The molecule has 0 aliphatic rings. The molecule has 8 nitrogen and oxygen atoms in total. The van der Waals surface area contributed by atoms with E-state index in [-0.39, 0.29) is 12.5 Å². The Hall–Kier alpha value is -4.46. The minimum Gasteiger partial charge on any atom is -0.485 e. The van der Waals surface area contributed by atoms with E-state index in [2.05, 4.69) is 45.2 Å². The number of hydrogen-bond donors (Lipinski definition) is 2. The molecule has 0 aliphatic heterocycles. The molecule has 2 N–H and O–H groups in total. The van der Waals surface area contributed by atoms with Gasteiger partial charge in [0.2, 0.25) is 0 Å². The number of aliphatic carboxylic acids is 1. The summed E-state index contributed by atoms with van der Waals surface area (Å²) in [4.78, 5) is 23.7. The van der Waals surface area contributed by atoms with Crippen LogP contribution in [0.25, 0.3) is 10.9 Å². The van der Waals surface area contributed by atoms with Crippen LogP contribution in [0.15, 0.2) is 77.9 Å². The van der Waals surface area contributed by atoms with Crippen LogP contribution in [-0.2, 0) is 11.2 Å². The van der Waals surface area contributed by atoms with Crippen molar-refractivity contribution in [2.75, 3.05) is 0 Å². The van der Waals surface area contributed by atoms with E-state index in [9.17, 15) is 9.90 Å². The summed E-state index contributed by atoms with van der Waals surface area (Å²) in [5, 5.41) is 14.5. The number of ether oxygens (including phenoxy) is 1. The number of carbonyl (C=O) groups is 1. The van der Waals surface area contributed by atoms with E-state index in [1.54, 1.807) is 18.5 Å². The zero-order valence-corrected chi connectivity index (χ0v) is 20.0. The van der Waals surface area contributed by atoms with Crippen molar-refractivity contribution in [3.8, 4) is 5.75 Å². The van der Waals surface area contributed by atoms with E-state index in [1.165, 1.54) is 6.26 Å². The van der Waals surface area contributed by atoms with E-state index in [4.69, 9.17) is 9.26 Å². The molecular formula is C28H26N4O4. The molecule has 36 heavy (non-hydrogen) atoms. The molecule has 0 amide bonds. The highest BCUT2D eigenvalue weighted by atomic mass is 16.5. The second-order valence-corrected chi connectivity index (χ2v) is 8.83. The fourth-order valence-corrected chi connectivity index (χ4v) is 4.48. The van der Waals surface area contributed by atoms with Crippen LogP contribution < -0.4 is 4.74 Å². The maximum atomic E-state index is 11.5. The maximum Gasteiger partial charge on any atom is 0.304 e. The lowest BCUT2D eigenvalue weighted by molar-refractivity contribution is -0.137. The van der Waals surface area contributed by atoms with Crippen LogP contribution in [0.4, 0.5) is 0 Å². The van der Waals surface area contributed by atoms with Crippen molar-refractivity contribution in [3.63, 3.8) is 0 Å². The number of aromatic nitrogens is 4. The van der Waals surface area contributed by atoms with Gasteiger partial charge in [-0.25, -0.2) is 0 Å². The van der Waals surface area contributed by atoms with Crippen molar-refractivity contribution < 1.29 is 19.2 Å². The summed E-state index contributed by atoms with van der Waals surface area (Å²) < 4.78 is 11.5. The predicted octanol–water partition coefficient (Wildman–Crippen LogP) is 5.53. The Morgan fingerprint density at radius 1 is 1.06 bits per heavy atom. The summed E-state index contributed by atoms with van der Waals surface area (Å²) in [5.41, 5.74) is 6.35. The summed E-state index contributed by atoms with van der Waals surface area (Å²) in [7, 11) is 0. The molecule has 5 rings (SSSR count). The Morgan fingerprint density at radius 2 is 1.89 bits per heavy atom. The zero-order valence-electron chi connectivity index (χ0n) is 20.0. The first-order valence-corrected chi connectivity index (χ1v) is 11.7. The van der Waals surface area contributed by atoms with Crippen LogP contribution in [0.3, 0.4) is 0 Å². The predicted molar refractivity (Wildman–Crippen MR) is 134 cm³/mol. The molecule has 0 saturated heterocycles. The molecule has 182 valence electrons. The zero-order chi connectivity index (χ0) is 25.1. The Morgan fingerprint density at radius 3 is 2.58 bits per heavy atom. The lowest BCUT2D eigenvalue weighted by atomic mass is 9.92. The molecule has 3 heterocycles. The van der Waals surface area contributed by atoms with Crippen LogP contribution in [0, 0.1) is 13.8 Å². The molecule has 5 aromatic rings. The van der Waals surface area contributed by atoms with E-state index in [0.717, 1.165) is 39.0 Å². The van der Waals surface area contributed by atoms with Crippen LogP contribution in [0.5, 0.6) is 5.75 Å². The Labute approximate surface area is 208 Å². The quantitative estimate of drug-likeness (QED) is 0.284. The van der Waals surface area contributed by atoms with Crippen LogP contribution in [0.2, 0.25) is 0 Å². The number of fused-ring (bicyclic) bond motifs is 1. The van der Waals surface area contributed by atoms with Crippen molar-refractivity contribution in [2.24, 2.45) is 0 Å². The first-order valence-electron chi connectivity index (χ1n) is 11.7. The van der Waals surface area contributed by atoms with Gasteiger partial charge in [-0.3, -0.25) is 14.8 Å². The van der Waals surface area contributed by atoms with Crippen molar-refractivity contribution in [3.05, 3.63) is 107 Å². The van der Waals surface area contributed by atoms with Gasteiger partial charge in [0.15, 0.2) is 0 Å². The van der Waals surface area contributed by atoms with E-state index >= 15 is 0 Å². The highest BCUT2D eigenvalue weighted by Crippen LogP contribution is 2.33. The molecular weight excluding hydrogens is 456 g/mol. The number of carboxylic acids is 1. The van der Waals surface area contributed by atoms with Gasteiger partial charge in [0.25, 0.3) is 0 Å². The maximum absolute atomic E-state index is 11.5. The van der Waals surface area contributed by atoms with Crippen molar-refractivity contribution >= 4 is 16.9 Å². The van der Waals surface area contributed by atoms with E-state index in [1.807, 2.05) is 37.4 Å². The molecule has 2 atom stereocenters. The SMILES string of the molecule is Cc1cnc(CC(Oc2ccc(C(CC(=O)O)c3ccon3)cc2)c2ccc3cc[nH]c3c2C)cn1. The minimum atomic E-state index is -0.905. The van der Waals surface area contributed by atoms with Gasteiger partial charge in [-0.05, 0) is 54.1 Å². The van der Waals surface area contributed by atoms with Gasteiger partial charge in [0.1, 0.15) is 18.1 Å². The number of hydrogen-bond acceptors (Lipinski definition) is 6. The molecule has 3 aromatic heterocycles. The third-order valence-corrected chi connectivity index (χ3v) is 6.36. The molecule has 2 aromatic carbocycles. The van der Waals surface area contributed by atoms with Crippen molar-refractivity contribution in [2.45, 2.75) is 38.7 Å². The van der Waals surface area contributed by atoms with Gasteiger partial charge in [-0.1, -0.05) is 29.4 Å². The number of H-pyrrole nitrogens is 1. The van der Waals surface area contributed by atoms with Crippen molar-refractivity contribution in [1.29, 1.82) is 0 Å². The Bertz CT molecular complexity index is 1460. The highest BCUT2D eigenvalue weighted by molar-refractivity contribution is 5.83. The average molecular weight is 483 g/mol. The fourth-order valence-electron chi connectivity index (χ4n) is 4.48. The molecule has 8 heteroatoms. The third-order valence-electron chi connectivity index (χ3n) is 6.36. The summed E-state index contributed by atoms with van der Waals surface area (Å²) in [6, 6.07) is 15.4.